The van der Waals surface area contributed by atoms with Crippen LogP contribution in [0.5, 0.6) is 11.5 Å². The van der Waals surface area contributed by atoms with Crippen LogP contribution in [0.3, 0.4) is 0 Å². The highest BCUT2D eigenvalue weighted by atomic mass is 32.1. The number of hydrogen-bond acceptors (Lipinski definition) is 6. The molecule has 2 amide bonds. The Balaban J connectivity index is 1.59. The number of aromatic nitrogens is 1. The number of anilines is 2. The van der Waals surface area contributed by atoms with Crippen molar-refractivity contribution in [1.29, 1.82) is 0 Å². The molecule has 0 aliphatic carbocycles. The van der Waals surface area contributed by atoms with Crippen molar-refractivity contribution in [3.8, 4) is 11.5 Å². The van der Waals surface area contributed by atoms with Gasteiger partial charge in [0.05, 0.1) is 24.4 Å². The van der Waals surface area contributed by atoms with Gasteiger partial charge >= 0.3 is 0 Å². The summed E-state index contributed by atoms with van der Waals surface area (Å²) in [5.41, 5.74) is 2.54. The number of ether oxygens (including phenoxy) is 2. The van der Waals surface area contributed by atoms with E-state index in [9.17, 15) is 9.59 Å². The normalized spacial score (nSPS) is 10.6. The number of nitrogens with zero attached hydrogens (tertiary/aromatic N) is 1. The molecule has 2 aromatic carbocycles. The molecule has 0 saturated heterocycles. The van der Waals surface area contributed by atoms with Crippen molar-refractivity contribution in [2.75, 3.05) is 24.9 Å². The van der Waals surface area contributed by atoms with Crippen LogP contribution in [0, 0.1) is 0 Å². The SMILES string of the molecule is CCCC(=O)Nc1nc2ccc(CCC(=O)Nc3ccc(OC)c(OC)c3)cc2s1. The van der Waals surface area contributed by atoms with Crippen molar-refractivity contribution in [2.24, 2.45) is 0 Å². The summed E-state index contributed by atoms with van der Waals surface area (Å²) in [7, 11) is 3.12. The third-order valence-corrected chi connectivity index (χ3v) is 5.42. The number of carbonyl (C=O) groups excluding carboxylic acids is 2. The molecule has 0 unspecified atom stereocenters. The number of thiazole rings is 1. The minimum Gasteiger partial charge on any atom is -0.493 e. The number of aryl methyl sites for hydroxylation is 1. The van der Waals surface area contributed by atoms with Crippen LogP contribution < -0.4 is 20.1 Å². The molecule has 3 rings (SSSR count). The largest absolute Gasteiger partial charge is 0.493 e. The Bertz CT molecular complexity index is 1050. The van der Waals surface area contributed by atoms with Gasteiger partial charge in [0.1, 0.15) is 0 Å². The Kier molecular flexibility index (Phi) is 7.24. The Morgan fingerprint density at radius 1 is 0.967 bits per heavy atom. The molecule has 1 aromatic heterocycles. The minimum atomic E-state index is -0.0841. The van der Waals surface area contributed by atoms with Crippen molar-refractivity contribution in [3.63, 3.8) is 0 Å². The van der Waals surface area contributed by atoms with Crippen LogP contribution in [0.15, 0.2) is 36.4 Å². The molecule has 0 aliphatic rings. The molecule has 0 radical (unpaired) electrons. The van der Waals surface area contributed by atoms with Gasteiger partial charge in [0.25, 0.3) is 0 Å². The van der Waals surface area contributed by atoms with E-state index in [2.05, 4.69) is 15.6 Å². The molecule has 30 heavy (non-hydrogen) atoms. The molecule has 0 atom stereocenters. The van der Waals surface area contributed by atoms with Gasteiger partial charge in [0.15, 0.2) is 16.6 Å². The monoisotopic (exact) mass is 427 g/mol. The first kappa shape index (κ1) is 21.6. The van der Waals surface area contributed by atoms with Crippen molar-refractivity contribution in [2.45, 2.75) is 32.6 Å². The standard InChI is InChI=1S/C22H25N3O4S/c1-4-5-20(26)25-22-24-16-9-6-14(12-19(16)30-22)7-11-21(27)23-15-8-10-17(28-2)18(13-15)29-3/h6,8-10,12-13H,4-5,7,11H2,1-3H3,(H,23,27)(H,24,25,26). The Hall–Kier alpha value is -3.13. The van der Waals surface area contributed by atoms with Crippen LogP contribution in [-0.2, 0) is 16.0 Å². The second-order valence-corrected chi connectivity index (χ2v) is 7.77. The van der Waals surface area contributed by atoms with Crippen LogP contribution in [0.4, 0.5) is 10.8 Å². The molecular weight excluding hydrogens is 402 g/mol. The lowest BCUT2D eigenvalue weighted by Crippen LogP contribution is -2.12. The van der Waals surface area contributed by atoms with Gasteiger partial charge in [0.2, 0.25) is 11.8 Å². The zero-order valence-electron chi connectivity index (χ0n) is 17.3. The lowest BCUT2D eigenvalue weighted by Gasteiger charge is -2.10. The van der Waals surface area contributed by atoms with E-state index in [1.807, 2.05) is 25.1 Å². The van der Waals surface area contributed by atoms with Gasteiger partial charge in [0, 0.05) is 24.6 Å². The number of carbonyl (C=O) groups is 2. The van der Waals surface area contributed by atoms with Gasteiger partial charge in [-0.1, -0.05) is 24.3 Å². The van der Waals surface area contributed by atoms with E-state index in [1.54, 1.807) is 32.4 Å². The molecule has 0 fully saturated rings. The molecule has 7 nitrogen and oxygen atoms in total. The smallest absolute Gasteiger partial charge is 0.226 e. The first-order valence-electron chi connectivity index (χ1n) is 9.73. The van der Waals surface area contributed by atoms with Crippen LogP contribution in [0.25, 0.3) is 10.2 Å². The fourth-order valence-corrected chi connectivity index (χ4v) is 3.93. The molecule has 158 valence electrons. The third-order valence-electron chi connectivity index (χ3n) is 4.48. The number of nitrogens with one attached hydrogen (secondary N) is 2. The maximum Gasteiger partial charge on any atom is 0.226 e. The van der Waals surface area contributed by atoms with Crippen LogP contribution >= 0.6 is 11.3 Å². The summed E-state index contributed by atoms with van der Waals surface area (Å²) in [4.78, 5) is 28.5. The number of amides is 2. The summed E-state index contributed by atoms with van der Waals surface area (Å²) >= 11 is 1.44. The first-order valence-corrected chi connectivity index (χ1v) is 10.5. The number of hydrogen-bond donors (Lipinski definition) is 2. The molecule has 1 heterocycles. The molecule has 0 saturated carbocycles. The van der Waals surface area contributed by atoms with E-state index in [4.69, 9.17) is 9.47 Å². The van der Waals surface area contributed by atoms with Crippen molar-refractivity contribution in [1.82, 2.24) is 4.98 Å². The summed E-state index contributed by atoms with van der Waals surface area (Å²) in [6, 6.07) is 11.2. The first-order chi connectivity index (χ1) is 14.5. The fourth-order valence-electron chi connectivity index (χ4n) is 2.98. The van der Waals surface area contributed by atoms with E-state index >= 15 is 0 Å². The Morgan fingerprint density at radius 3 is 2.47 bits per heavy atom. The summed E-state index contributed by atoms with van der Waals surface area (Å²) in [5, 5.41) is 6.32. The maximum absolute atomic E-state index is 12.3. The summed E-state index contributed by atoms with van der Waals surface area (Å²) < 4.78 is 11.5. The molecule has 0 spiro atoms. The summed E-state index contributed by atoms with van der Waals surface area (Å²) in [5.74, 6) is 1.06. The highest BCUT2D eigenvalue weighted by molar-refractivity contribution is 7.22. The van der Waals surface area contributed by atoms with E-state index in [1.165, 1.54) is 11.3 Å². The molecular formula is C22H25N3O4S. The number of rotatable bonds is 9. The average molecular weight is 428 g/mol. The molecule has 3 aromatic rings. The van der Waals surface area contributed by atoms with Gasteiger partial charge in [-0.25, -0.2) is 4.98 Å². The zero-order chi connectivity index (χ0) is 21.5. The Labute approximate surface area is 179 Å². The van der Waals surface area contributed by atoms with Crippen molar-refractivity contribution >= 4 is 44.2 Å². The minimum absolute atomic E-state index is 0.0244. The highest BCUT2D eigenvalue weighted by Gasteiger charge is 2.10. The zero-order valence-corrected chi connectivity index (χ0v) is 18.1. The van der Waals surface area contributed by atoms with Crippen molar-refractivity contribution < 1.29 is 19.1 Å². The van der Waals surface area contributed by atoms with Crippen LogP contribution in [0.2, 0.25) is 0 Å². The van der Waals surface area contributed by atoms with E-state index in [-0.39, 0.29) is 11.8 Å². The number of benzene rings is 2. The predicted octanol–water partition coefficient (Wildman–Crippen LogP) is 4.62. The van der Waals surface area contributed by atoms with Crippen molar-refractivity contribution in [3.05, 3.63) is 42.0 Å². The summed E-state index contributed by atoms with van der Waals surface area (Å²) in [6.45, 7) is 1.96. The molecule has 0 aliphatic heterocycles. The highest BCUT2D eigenvalue weighted by Crippen LogP contribution is 2.30. The van der Waals surface area contributed by atoms with Gasteiger partial charge in [-0.15, -0.1) is 0 Å². The van der Waals surface area contributed by atoms with E-state index < -0.39 is 0 Å². The topological polar surface area (TPSA) is 89.6 Å². The summed E-state index contributed by atoms with van der Waals surface area (Å²) in [6.07, 6.45) is 2.23. The molecule has 0 bridgehead atoms. The second-order valence-electron chi connectivity index (χ2n) is 6.74. The van der Waals surface area contributed by atoms with Gasteiger partial charge in [-0.3, -0.25) is 9.59 Å². The fraction of sp³-hybridized carbons (Fsp3) is 0.318. The number of methoxy groups -OCH3 is 2. The van der Waals surface area contributed by atoms with Gasteiger partial charge in [-0.05, 0) is 42.7 Å². The van der Waals surface area contributed by atoms with Crippen LogP contribution in [-0.4, -0.2) is 31.0 Å². The lowest BCUT2D eigenvalue weighted by molar-refractivity contribution is -0.117. The second kappa shape index (κ2) is 10.1. The molecule has 2 N–H and O–H groups in total. The quantitative estimate of drug-likeness (QED) is 0.520. The third kappa shape index (κ3) is 5.48. The van der Waals surface area contributed by atoms with E-state index in [0.717, 1.165) is 22.2 Å². The predicted molar refractivity (Wildman–Crippen MR) is 120 cm³/mol. The average Bonchev–Trinajstić information content (AvgIpc) is 3.13. The van der Waals surface area contributed by atoms with E-state index in [0.29, 0.717) is 41.6 Å². The van der Waals surface area contributed by atoms with Gasteiger partial charge < -0.3 is 20.1 Å². The number of fused-ring (bicyclic) bond motifs is 1. The van der Waals surface area contributed by atoms with Gasteiger partial charge in [-0.2, -0.15) is 0 Å². The Morgan fingerprint density at radius 2 is 1.73 bits per heavy atom. The molecule has 8 heteroatoms. The maximum atomic E-state index is 12.3. The van der Waals surface area contributed by atoms with Crippen LogP contribution in [0.1, 0.15) is 31.7 Å². The lowest BCUT2D eigenvalue weighted by atomic mass is 10.1.